The molecule has 0 radical (unpaired) electrons. The number of benzene rings is 2. The van der Waals surface area contributed by atoms with Gasteiger partial charge in [0.15, 0.2) is 0 Å². The van der Waals surface area contributed by atoms with Gasteiger partial charge in [0.25, 0.3) is 10.0 Å². The highest BCUT2D eigenvalue weighted by molar-refractivity contribution is 9.11. The molecule has 0 saturated carbocycles. The van der Waals surface area contributed by atoms with Gasteiger partial charge in [-0.25, -0.2) is 8.42 Å². The summed E-state index contributed by atoms with van der Waals surface area (Å²) >= 11 is 9.84. The third-order valence-electron chi connectivity index (χ3n) is 2.59. The number of rotatable bonds is 4. The van der Waals surface area contributed by atoms with Gasteiger partial charge in [0.1, 0.15) is 10.6 Å². The van der Waals surface area contributed by atoms with E-state index in [-0.39, 0.29) is 4.90 Å². The Morgan fingerprint density at radius 1 is 1.00 bits per heavy atom. The molecule has 2 aromatic rings. The molecule has 0 bridgehead atoms. The van der Waals surface area contributed by atoms with Crippen LogP contribution in [0.2, 0.25) is 0 Å². The number of hydrogen-bond donors (Lipinski definition) is 1. The van der Waals surface area contributed by atoms with Crippen molar-refractivity contribution in [2.45, 2.75) is 4.90 Å². The Balaban J connectivity index is 2.37. The fraction of sp³-hybridized carbons (Fsp3) is 0.0769. The summed E-state index contributed by atoms with van der Waals surface area (Å²) in [6.45, 7) is 0. The van der Waals surface area contributed by atoms with Crippen molar-refractivity contribution in [3.63, 3.8) is 0 Å². The van der Waals surface area contributed by atoms with E-state index in [0.29, 0.717) is 24.9 Å². The second-order valence-electron chi connectivity index (χ2n) is 4.03. The van der Waals surface area contributed by atoms with Crippen LogP contribution < -0.4 is 9.46 Å². The van der Waals surface area contributed by atoms with Crippen LogP contribution in [0.3, 0.4) is 0 Å². The maximum absolute atomic E-state index is 12.4. The van der Waals surface area contributed by atoms with Gasteiger partial charge in [-0.1, -0.05) is 15.9 Å². The summed E-state index contributed by atoms with van der Waals surface area (Å²) in [4.78, 5) is 0.156. The number of methoxy groups -OCH3 is 1. The largest absolute Gasteiger partial charge is 0.496 e. The Hall–Kier alpha value is -0.570. The zero-order chi connectivity index (χ0) is 15.6. The molecule has 112 valence electrons. The second-order valence-corrected chi connectivity index (χ2v) is 8.30. The third-order valence-corrected chi connectivity index (χ3v) is 6.07. The van der Waals surface area contributed by atoms with Crippen LogP contribution in [0.1, 0.15) is 0 Å². The highest BCUT2D eigenvalue weighted by Crippen LogP contribution is 2.31. The summed E-state index contributed by atoms with van der Waals surface area (Å²) in [6.07, 6.45) is 0. The summed E-state index contributed by atoms with van der Waals surface area (Å²) in [6, 6.07) is 9.91. The number of halogens is 3. The van der Waals surface area contributed by atoms with Crippen molar-refractivity contribution in [2.75, 3.05) is 11.8 Å². The molecule has 0 aliphatic rings. The van der Waals surface area contributed by atoms with Gasteiger partial charge >= 0.3 is 0 Å². The van der Waals surface area contributed by atoms with Crippen LogP contribution in [0.5, 0.6) is 5.75 Å². The molecule has 0 saturated heterocycles. The molecule has 0 heterocycles. The van der Waals surface area contributed by atoms with Crippen LogP contribution in [-0.4, -0.2) is 15.5 Å². The molecule has 0 spiro atoms. The van der Waals surface area contributed by atoms with Crippen molar-refractivity contribution >= 4 is 63.5 Å². The summed E-state index contributed by atoms with van der Waals surface area (Å²) in [5.74, 6) is 0.626. The van der Waals surface area contributed by atoms with E-state index in [1.807, 2.05) is 0 Å². The van der Waals surface area contributed by atoms with E-state index >= 15 is 0 Å². The van der Waals surface area contributed by atoms with Crippen molar-refractivity contribution in [3.05, 3.63) is 49.8 Å². The molecule has 0 unspecified atom stereocenters. The zero-order valence-corrected chi connectivity index (χ0v) is 16.3. The summed E-state index contributed by atoms with van der Waals surface area (Å²) in [7, 11) is -2.15. The van der Waals surface area contributed by atoms with Gasteiger partial charge in [-0.05, 0) is 68.3 Å². The van der Waals surface area contributed by atoms with E-state index in [9.17, 15) is 8.42 Å². The minimum absolute atomic E-state index is 0.156. The first-order valence-corrected chi connectivity index (χ1v) is 9.51. The molecule has 2 aromatic carbocycles. The van der Waals surface area contributed by atoms with Crippen molar-refractivity contribution in [1.82, 2.24) is 0 Å². The molecule has 21 heavy (non-hydrogen) atoms. The predicted octanol–water partition coefficient (Wildman–Crippen LogP) is 4.78. The van der Waals surface area contributed by atoms with Gasteiger partial charge in [0.05, 0.1) is 17.3 Å². The predicted molar refractivity (Wildman–Crippen MR) is 93.3 cm³/mol. The SMILES string of the molecule is COc1ccc(NS(=O)(=O)c2cc(Br)ccc2Br)cc1Br. The molecule has 0 fully saturated rings. The van der Waals surface area contributed by atoms with Crippen LogP contribution in [0.15, 0.2) is 54.7 Å². The minimum Gasteiger partial charge on any atom is -0.496 e. The number of ether oxygens (including phenoxy) is 1. The number of nitrogens with one attached hydrogen (secondary N) is 1. The minimum atomic E-state index is -3.69. The van der Waals surface area contributed by atoms with Crippen molar-refractivity contribution in [1.29, 1.82) is 0 Å². The van der Waals surface area contributed by atoms with Crippen LogP contribution in [0.4, 0.5) is 5.69 Å². The standard InChI is InChI=1S/C13H10Br3NO3S/c1-20-12-5-3-9(7-11(12)16)17-21(18,19)13-6-8(14)2-4-10(13)15/h2-7,17H,1H3. The Labute approximate surface area is 148 Å². The number of anilines is 1. The van der Waals surface area contributed by atoms with Gasteiger partial charge in [-0.15, -0.1) is 0 Å². The fourth-order valence-electron chi connectivity index (χ4n) is 1.62. The van der Waals surface area contributed by atoms with Gasteiger partial charge < -0.3 is 4.74 Å². The van der Waals surface area contributed by atoms with Crippen LogP contribution >= 0.6 is 47.8 Å². The Kier molecular flexibility index (Phi) is 5.34. The summed E-state index contributed by atoms with van der Waals surface area (Å²) < 4.78 is 34.3. The molecule has 1 N–H and O–H groups in total. The van der Waals surface area contributed by atoms with E-state index in [1.165, 1.54) is 6.07 Å². The number of sulfonamides is 1. The van der Waals surface area contributed by atoms with E-state index in [2.05, 4.69) is 52.5 Å². The lowest BCUT2D eigenvalue weighted by Gasteiger charge is -2.11. The van der Waals surface area contributed by atoms with Crippen LogP contribution in [0.25, 0.3) is 0 Å². The average Bonchev–Trinajstić information content (AvgIpc) is 2.41. The van der Waals surface area contributed by atoms with Gasteiger partial charge in [0, 0.05) is 8.95 Å². The van der Waals surface area contributed by atoms with E-state index in [1.54, 1.807) is 37.4 Å². The molecule has 8 heteroatoms. The zero-order valence-electron chi connectivity index (χ0n) is 10.7. The highest BCUT2D eigenvalue weighted by atomic mass is 79.9. The highest BCUT2D eigenvalue weighted by Gasteiger charge is 2.18. The maximum atomic E-state index is 12.4. The van der Waals surface area contributed by atoms with Crippen molar-refractivity contribution in [3.8, 4) is 5.75 Å². The normalized spacial score (nSPS) is 11.2. The second kappa shape index (κ2) is 6.68. The first kappa shape index (κ1) is 16.8. The van der Waals surface area contributed by atoms with Crippen LogP contribution in [0, 0.1) is 0 Å². The molecular weight excluding hydrogens is 490 g/mol. The summed E-state index contributed by atoms with van der Waals surface area (Å²) in [5.41, 5.74) is 0.439. The smallest absolute Gasteiger partial charge is 0.263 e. The average molecular weight is 500 g/mol. The first-order chi connectivity index (χ1) is 9.83. The molecule has 0 aliphatic heterocycles. The monoisotopic (exact) mass is 497 g/mol. The molecule has 0 aliphatic carbocycles. The summed E-state index contributed by atoms with van der Waals surface area (Å²) in [5, 5.41) is 0. The van der Waals surface area contributed by atoms with E-state index in [0.717, 1.165) is 0 Å². The molecule has 0 atom stereocenters. The Morgan fingerprint density at radius 3 is 2.33 bits per heavy atom. The third kappa shape index (κ3) is 4.00. The van der Waals surface area contributed by atoms with E-state index < -0.39 is 10.0 Å². The lowest BCUT2D eigenvalue weighted by Crippen LogP contribution is -2.13. The van der Waals surface area contributed by atoms with Crippen LogP contribution in [-0.2, 0) is 10.0 Å². The van der Waals surface area contributed by atoms with Crippen molar-refractivity contribution in [2.24, 2.45) is 0 Å². The van der Waals surface area contributed by atoms with E-state index in [4.69, 9.17) is 4.74 Å². The Morgan fingerprint density at radius 2 is 1.71 bits per heavy atom. The van der Waals surface area contributed by atoms with Gasteiger partial charge in [-0.2, -0.15) is 0 Å². The quantitative estimate of drug-likeness (QED) is 0.658. The lowest BCUT2D eigenvalue weighted by molar-refractivity contribution is 0.412. The molecule has 0 amide bonds. The van der Waals surface area contributed by atoms with Crippen molar-refractivity contribution < 1.29 is 13.2 Å². The molecule has 4 nitrogen and oxygen atoms in total. The topological polar surface area (TPSA) is 55.4 Å². The maximum Gasteiger partial charge on any atom is 0.263 e. The number of hydrogen-bond acceptors (Lipinski definition) is 3. The van der Waals surface area contributed by atoms with Gasteiger partial charge in [-0.3, -0.25) is 4.72 Å². The molecule has 2 rings (SSSR count). The fourth-order valence-corrected chi connectivity index (χ4v) is 4.72. The van der Waals surface area contributed by atoms with Gasteiger partial charge in [0.2, 0.25) is 0 Å². The molecular formula is C13H10Br3NO3S. The first-order valence-electron chi connectivity index (χ1n) is 5.65. The molecule has 0 aromatic heterocycles. The lowest BCUT2D eigenvalue weighted by atomic mass is 10.3. The Bertz CT molecular complexity index is 778.